The van der Waals surface area contributed by atoms with Gasteiger partial charge in [-0.05, 0) is 48.1 Å². The molecular weight excluding hydrogens is 526 g/mol. The van der Waals surface area contributed by atoms with Gasteiger partial charge in [0.1, 0.15) is 6.04 Å². The normalized spacial score (nSPS) is 13.9. The Bertz CT molecular complexity index is 1340. The van der Waals surface area contributed by atoms with Crippen LogP contribution in [0, 0.1) is 0 Å². The Balaban J connectivity index is 1.51. The molecule has 9 heteroatoms. The number of hydrogen-bond donors (Lipinski definition) is 2. The fourth-order valence-corrected chi connectivity index (χ4v) is 5.75. The molecule has 0 saturated heterocycles. The number of amides is 2. The van der Waals surface area contributed by atoms with Gasteiger partial charge in [-0.1, -0.05) is 72.8 Å². The van der Waals surface area contributed by atoms with Crippen LogP contribution in [-0.4, -0.2) is 57.5 Å². The molecule has 2 N–H and O–H groups in total. The van der Waals surface area contributed by atoms with Crippen molar-refractivity contribution in [2.45, 2.75) is 55.6 Å². The highest BCUT2D eigenvalue weighted by Gasteiger charge is 2.30. The van der Waals surface area contributed by atoms with Gasteiger partial charge < -0.3 is 15.0 Å². The molecule has 1 fully saturated rings. The monoisotopic (exact) mass is 563 g/mol. The lowest BCUT2D eigenvalue weighted by Crippen LogP contribution is -2.51. The lowest BCUT2D eigenvalue weighted by Gasteiger charge is -2.31. The van der Waals surface area contributed by atoms with E-state index in [1.807, 2.05) is 60.7 Å². The topological polar surface area (TPSA) is 105 Å². The molecule has 1 aliphatic rings. The van der Waals surface area contributed by atoms with E-state index in [-0.39, 0.29) is 29.2 Å². The molecule has 1 atom stereocenters. The number of benzene rings is 3. The Morgan fingerprint density at radius 2 is 1.52 bits per heavy atom. The molecule has 1 unspecified atom stereocenters. The van der Waals surface area contributed by atoms with E-state index in [1.165, 1.54) is 0 Å². The molecule has 3 aromatic carbocycles. The zero-order chi connectivity index (χ0) is 28.4. The van der Waals surface area contributed by atoms with Crippen LogP contribution in [0.4, 0.5) is 0 Å². The summed E-state index contributed by atoms with van der Waals surface area (Å²) in [6.07, 6.45) is 2.71. The van der Waals surface area contributed by atoms with Gasteiger partial charge in [-0.3, -0.25) is 9.59 Å². The lowest BCUT2D eigenvalue weighted by molar-refractivity contribution is -0.141. The molecule has 8 nitrogen and oxygen atoms in total. The van der Waals surface area contributed by atoms with Crippen molar-refractivity contribution in [3.63, 3.8) is 0 Å². The molecule has 1 aliphatic carbocycles. The molecule has 0 spiro atoms. The summed E-state index contributed by atoms with van der Waals surface area (Å²) in [7, 11) is -1.96. The van der Waals surface area contributed by atoms with Crippen LogP contribution < -0.4 is 10.0 Å². The van der Waals surface area contributed by atoms with Gasteiger partial charge in [0.05, 0.1) is 11.5 Å². The van der Waals surface area contributed by atoms with E-state index in [9.17, 15) is 18.0 Å². The standard InChI is InChI=1S/C31H37N3O5S/c1-39-21-20-32-31(36)29(22-25-8-4-2-5-9-25)34(23-26-10-6-3-7-11-26)30(35)19-14-24-12-17-28(18-13-24)40(37,38)33-27-15-16-27/h2-13,17-18,27,29,33H,14-16,19-23H2,1H3,(H,32,36). The maximum absolute atomic E-state index is 13.8. The fourth-order valence-electron chi connectivity index (χ4n) is 4.45. The minimum Gasteiger partial charge on any atom is -0.383 e. The maximum atomic E-state index is 13.8. The van der Waals surface area contributed by atoms with Gasteiger partial charge in [0, 0.05) is 39.1 Å². The average molecular weight is 564 g/mol. The van der Waals surface area contributed by atoms with Gasteiger partial charge in [0.15, 0.2) is 0 Å². The summed E-state index contributed by atoms with van der Waals surface area (Å²) in [5.41, 5.74) is 2.73. The molecule has 0 heterocycles. The smallest absolute Gasteiger partial charge is 0.243 e. The molecule has 1 saturated carbocycles. The fraction of sp³-hybridized carbons (Fsp3) is 0.355. The van der Waals surface area contributed by atoms with E-state index in [0.717, 1.165) is 29.5 Å². The van der Waals surface area contributed by atoms with Crippen LogP contribution in [-0.2, 0) is 43.7 Å². The average Bonchev–Trinajstić information content (AvgIpc) is 3.78. The van der Waals surface area contributed by atoms with Crippen molar-refractivity contribution >= 4 is 21.8 Å². The second kappa shape index (κ2) is 14.2. The number of carbonyl (C=O) groups excluding carboxylic acids is 2. The number of aryl methyl sites for hydroxylation is 1. The van der Waals surface area contributed by atoms with Gasteiger partial charge >= 0.3 is 0 Å². The van der Waals surface area contributed by atoms with E-state index in [0.29, 0.717) is 32.5 Å². The number of methoxy groups -OCH3 is 1. The van der Waals surface area contributed by atoms with Gasteiger partial charge in [-0.2, -0.15) is 0 Å². The summed E-state index contributed by atoms with van der Waals surface area (Å²) < 4.78 is 32.8. The molecule has 40 heavy (non-hydrogen) atoms. The van der Waals surface area contributed by atoms with Crippen molar-refractivity contribution in [3.8, 4) is 0 Å². The number of rotatable bonds is 15. The van der Waals surface area contributed by atoms with Gasteiger partial charge in [-0.25, -0.2) is 13.1 Å². The Kier molecular flexibility index (Phi) is 10.5. The highest BCUT2D eigenvalue weighted by atomic mass is 32.2. The zero-order valence-corrected chi connectivity index (χ0v) is 23.6. The third kappa shape index (κ3) is 8.74. The summed E-state index contributed by atoms with van der Waals surface area (Å²) in [6, 6.07) is 25.3. The summed E-state index contributed by atoms with van der Waals surface area (Å²) in [5.74, 6) is -0.387. The van der Waals surface area contributed by atoms with Crippen molar-refractivity contribution in [2.24, 2.45) is 0 Å². The quantitative estimate of drug-likeness (QED) is 0.276. The van der Waals surface area contributed by atoms with Crippen LogP contribution in [0.1, 0.15) is 36.0 Å². The molecular formula is C31H37N3O5S. The zero-order valence-electron chi connectivity index (χ0n) is 22.8. The van der Waals surface area contributed by atoms with Gasteiger partial charge in [-0.15, -0.1) is 0 Å². The maximum Gasteiger partial charge on any atom is 0.243 e. The van der Waals surface area contributed by atoms with Crippen molar-refractivity contribution in [2.75, 3.05) is 20.3 Å². The summed E-state index contributed by atoms with van der Waals surface area (Å²) in [4.78, 5) is 29.1. The molecule has 0 bridgehead atoms. The third-order valence-corrected chi connectivity index (χ3v) is 8.37. The summed E-state index contributed by atoms with van der Waals surface area (Å²) in [5, 5.41) is 2.92. The number of carbonyl (C=O) groups is 2. The molecule has 2 amide bonds. The Labute approximate surface area is 236 Å². The van der Waals surface area contributed by atoms with Crippen molar-refractivity contribution in [1.82, 2.24) is 14.9 Å². The van der Waals surface area contributed by atoms with Crippen molar-refractivity contribution in [1.29, 1.82) is 0 Å². The van der Waals surface area contributed by atoms with E-state index >= 15 is 0 Å². The molecule has 4 rings (SSSR count). The lowest BCUT2D eigenvalue weighted by atomic mass is 10.0. The predicted molar refractivity (Wildman–Crippen MR) is 154 cm³/mol. The van der Waals surface area contributed by atoms with E-state index in [4.69, 9.17) is 4.74 Å². The highest BCUT2D eigenvalue weighted by molar-refractivity contribution is 7.89. The van der Waals surface area contributed by atoms with Crippen molar-refractivity contribution < 1.29 is 22.7 Å². The Morgan fingerprint density at radius 3 is 2.12 bits per heavy atom. The van der Waals surface area contributed by atoms with E-state index < -0.39 is 16.1 Å². The Morgan fingerprint density at radius 1 is 0.900 bits per heavy atom. The molecule has 212 valence electrons. The molecule has 0 aromatic heterocycles. The largest absolute Gasteiger partial charge is 0.383 e. The first kappa shape index (κ1) is 29.5. The van der Waals surface area contributed by atoms with Crippen LogP contribution in [0.2, 0.25) is 0 Å². The summed E-state index contributed by atoms with van der Waals surface area (Å²) in [6.45, 7) is 1.01. The number of sulfonamides is 1. The summed E-state index contributed by atoms with van der Waals surface area (Å²) >= 11 is 0. The van der Waals surface area contributed by atoms with Crippen molar-refractivity contribution in [3.05, 3.63) is 102 Å². The van der Waals surface area contributed by atoms with Crippen LogP contribution in [0.5, 0.6) is 0 Å². The first-order chi connectivity index (χ1) is 19.4. The SMILES string of the molecule is COCCNC(=O)C(Cc1ccccc1)N(Cc1ccccc1)C(=O)CCc1ccc(S(=O)(=O)NC2CC2)cc1. The van der Waals surface area contributed by atoms with Crippen LogP contribution >= 0.6 is 0 Å². The van der Waals surface area contributed by atoms with Crippen LogP contribution in [0.25, 0.3) is 0 Å². The molecule has 0 aliphatic heterocycles. The minimum absolute atomic E-state index is 0.0356. The first-order valence-electron chi connectivity index (χ1n) is 13.6. The predicted octanol–water partition coefficient (Wildman–Crippen LogP) is 3.46. The first-order valence-corrected chi connectivity index (χ1v) is 15.1. The van der Waals surface area contributed by atoms with Crippen LogP contribution in [0.3, 0.4) is 0 Å². The Hall–Kier alpha value is -3.53. The van der Waals surface area contributed by atoms with Gasteiger partial charge in [0.25, 0.3) is 0 Å². The number of nitrogens with zero attached hydrogens (tertiary/aromatic N) is 1. The van der Waals surface area contributed by atoms with E-state index in [1.54, 1.807) is 36.3 Å². The minimum atomic E-state index is -3.53. The van der Waals surface area contributed by atoms with Crippen LogP contribution in [0.15, 0.2) is 89.8 Å². The van der Waals surface area contributed by atoms with Gasteiger partial charge in [0.2, 0.25) is 21.8 Å². The number of nitrogens with one attached hydrogen (secondary N) is 2. The van der Waals surface area contributed by atoms with E-state index in [2.05, 4.69) is 10.0 Å². The second-order valence-electron chi connectivity index (χ2n) is 10.0. The highest BCUT2D eigenvalue weighted by Crippen LogP contribution is 2.23. The second-order valence-corrected chi connectivity index (χ2v) is 11.8. The third-order valence-electron chi connectivity index (χ3n) is 6.83. The number of ether oxygens (including phenoxy) is 1. The molecule has 3 aromatic rings. The molecule has 0 radical (unpaired) electrons. The number of hydrogen-bond acceptors (Lipinski definition) is 5.